The maximum atomic E-state index is 13.4. The Hall–Kier alpha value is -2.52. The maximum Gasteiger partial charge on any atom is 0.391 e. The molecule has 0 aliphatic heterocycles. The molecule has 0 aliphatic carbocycles. The van der Waals surface area contributed by atoms with Gasteiger partial charge in [-0.05, 0) is 49.2 Å². The summed E-state index contributed by atoms with van der Waals surface area (Å²) in [6.45, 7) is 6.12. The summed E-state index contributed by atoms with van der Waals surface area (Å²) < 4.78 is 13.3. The van der Waals surface area contributed by atoms with Crippen molar-refractivity contribution in [1.29, 1.82) is 0 Å². The Morgan fingerprint density at radius 3 is 1.79 bits per heavy atom. The van der Waals surface area contributed by atoms with Gasteiger partial charge in [0.1, 0.15) is 6.10 Å². The topological polar surface area (TPSA) is 55.8 Å². The first-order valence-corrected chi connectivity index (χ1v) is 13.3. The van der Waals surface area contributed by atoms with Gasteiger partial charge in [0, 0.05) is 5.92 Å². The molecule has 174 valence electrons. The monoisotopic (exact) mass is 465 g/mol. The molecular weight excluding hydrogens is 431 g/mol. The summed E-state index contributed by atoms with van der Waals surface area (Å²) in [5.74, 6) is -0.537. The maximum absolute atomic E-state index is 13.4. The number of aliphatic hydroxyl groups excluding tert-OH is 1. The molecule has 0 heterocycles. The summed E-state index contributed by atoms with van der Waals surface area (Å²) in [4.78, 5) is 13.4. The third-order valence-corrected chi connectivity index (χ3v) is 8.82. The minimum Gasteiger partial charge on any atom is -0.393 e. The molecule has 3 rings (SSSR count). The molecule has 3 atom stereocenters. The lowest BCUT2D eigenvalue weighted by molar-refractivity contribution is 0.0257. The number of hydrogen-bond acceptors (Lipinski definition) is 4. The second-order valence-electron chi connectivity index (χ2n) is 8.23. The van der Waals surface area contributed by atoms with Gasteiger partial charge in [-0.25, -0.2) is 4.79 Å². The second-order valence-corrected chi connectivity index (χ2v) is 10.8. The molecule has 3 aromatic rings. The Labute approximate surface area is 198 Å². The van der Waals surface area contributed by atoms with Crippen molar-refractivity contribution in [2.75, 3.05) is 0 Å². The van der Waals surface area contributed by atoms with Crippen molar-refractivity contribution in [3.8, 4) is 0 Å². The summed E-state index contributed by atoms with van der Waals surface area (Å²) in [6, 6.07) is 28.4. The Morgan fingerprint density at radius 1 is 0.848 bits per heavy atom. The minimum absolute atomic E-state index is 0.114. The molecule has 0 radical (unpaired) electrons. The summed E-state index contributed by atoms with van der Waals surface area (Å²) >= 11 is 0. The van der Waals surface area contributed by atoms with Gasteiger partial charge in [0.2, 0.25) is 0 Å². The highest BCUT2D eigenvalue weighted by molar-refractivity contribution is 7.81. The van der Waals surface area contributed by atoms with E-state index >= 15 is 0 Å². The van der Waals surface area contributed by atoms with E-state index in [4.69, 9.17) is 9.05 Å². The van der Waals surface area contributed by atoms with Crippen LogP contribution in [0, 0.1) is 5.92 Å². The van der Waals surface area contributed by atoms with E-state index in [0.717, 1.165) is 17.0 Å². The minimum atomic E-state index is -3.07. The summed E-state index contributed by atoms with van der Waals surface area (Å²) in [5.41, 5.74) is 0.476. The Morgan fingerprint density at radius 2 is 1.33 bits per heavy atom. The van der Waals surface area contributed by atoms with Crippen molar-refractivity contribution in [2.24, 2.45) is 5.92 Å². The Balaban J connectivity index is 2.11. The highest BCUT2D eigenvalue weighted by Crippen LogP contribution is 2.61. The molecule has 4 nitrogen and oxygen atoms in total. The van der Waals surface area contributed by atoms with Crippen LogP contribution in [0.2, 0.25) is 0 Å². The van der Waals surface area contributed by atoms with E-state index in [1.54, 1.807) is 12.1 Å². The van der Waals surface area contributed by atoms with Gasteiger partial charge in [0.25, 0.3) is 0 Å². The predicted octanol–water partition coefficient (Wildman–Crippen LogP) is 5.93. The molecule has 0 spiro atoms. The molecule has 0 fully saturated rings. The zero-order valence-corrected chi connectivity index (χ0v) is 20.5. The van der Waals surface area contributed by atoms with Crippen LogP contribution in [0.1, 0.15) is 50.4 Å². The van der Waals surface area contributed by atoms with Crippen molar-refractivity contribution >= 4 is 24.3 Å². The SMILES string of the molecule is CCCC(O)C(C)C(CC)O[P+](OC(=O)c1ccccc1)(c1ccccc1)c1ccccc1. The molecule has 0 aliphatic rings. The van der Waals surface area contributed by atoms with Crippen molar-refractivity contribution < 1.29 is 18.9 Å². The van der Waals surface area contributed by atoms with Gasteiger partial charge < -0.3 is 5.11 Å². The van der Waals surface area contributed by atoms with Gasteiger partial charge in [0.05, 0.1) is 11.7 Å². The van der Waals surface area contributed by atoms with E-state index in [2.05, 4.69) is 6.92 Å². The standard InChI is InChI=1S/C28H34O4P/c1-4-15-26(29)22(3)27(5-2)31-33(24-18-11-7-12-19-24,25-20-13-8-14-21-25)32-28(30)23-16-9-6-10-17-23/h6-14,16-22,26-27,29H,4-5,15H2,1-3H3/q+1. The van der Waals surface area contributed by atoms with Crippen LogP contribution >= 0.6 is 7.72 Å². The predicted molar refractivity (Wildman–Crippen MR) is 136 cm³/mol. The molecule has 0 saturated heterocycles. The van der Waals surface area contributed by atoms with Crippen LogP contribution < -0.4 is 10.6 Å². The summed E-state index contributed by atoms with van der Waals surface area (Å²) in [7, 11) is -3.07. The largest absolute Gasteiger partial charge is 0.393 e. The molecule has 3 unspecified atom stereocenters. The Bertz CT molecular complexity index is 939. The summed E-state index contributed by atoms with van der Waals surface area (Å²) in [6.07, 6.45) is 1.50. The van der Waals surface area contributed by atoms with Crippen molar-refractivity contribution in [1.82, 2.24) is 0 Å². The van der Waals surface area contributed by atoms with Crippen LogP contribution in [0.15, 0.2) is 91.0 Å². The van der Waals surface area contributed by atoms with Crippen LogP contribution in [0.25, 0.3) is 0 Å². The lowest BCUT2D eigenvalue weighted by atomic mass is 9.93. The van der Waals surface area contributed by atoms with E-state index in [1.807, 2.05) is 92.7 Å². The van der Waals surface area contributed by atoms with Crippen LogP contribution in [-0.2, 0) is 9.05 Å². The van der Waals surface area contributed by atoms with Crippen molar-refractivity contribution in [3.05, 3.63) is 96.6 Å². The third kappa shape index (κ3) is 6.09. The molecule has 3 aromatic carbocycles. The lowest BCUT2D eigenvalue weighted by Crippen LogP contribution is -2.37. The van der Waals surface area contributed by atoms with Gasteiger partial charge in [-0.1, -0.05) is 81.8 Å². The lowest BCUT2D eigenvalue weighted by Gasteiger charge is -2.31. The fraction of sp³-hybridized carbons (Fsp3) is 0.321. The molecule has 0 amide bonds. The Kier molecular flexibility index (Phi) is 9.20. The van der Waals surface area contributed by atoms with Crippen LogP contribution in [0.3, 0.4) is 0 Å². The number of carbonyl (C=O) groups excluding carboxylic acids is 1. The van der Waals surface area contributed by atoms with E-state index in [1.165, 1.54) is 0 Å². The number of aliphatic hydroxyl groups is 1. The molecule has 0 aromatic heterocycles. The molecule has 0 saturated carbocycles. The van der Waals surface area contributed by atoms with Crippen molar-refractivity contribution in [2.45, 2.75) is 52.2 Å². The fourth-order valence-electron chi connectivity index (χ4n) is 3.93. The van der Waals surface area contributed by atoms with E-state index < -0.39 is 19.8 Å². The van der Waals surface area contributed by atoms with E-state index in [0.29, 0.717) is 18.4 Å². The molecule has 33 heavy (non-hydrogen) atoms. The van der Waals surface area contributed by atoms with Crippen LogP contribution in [0.5, 0.6) is 0 Å². The first-order chi connectivity index (χ1) is 16.0. The number of carbonyl (C=O) groups is 1. The molecular formula is C28H34O4P+. The highest BCUT2D eigenvalue weighted by atomic mass is 31.2. The van der Waals surface area contributed by atoms with Crippen molar-refractivity contribution in [3.63, 3.8) is 0 Å². The van der Waals surface area contributed by atoms with Crippen LogP contribution in [0.4, 0.5) is 0 Å². The quantitative estimate of drug-likeness (QED) is 0.357. The molecule has 0 bridgehead atoms. The van der Waals surface area contributed by atoms with Gasteiger partial charge in [-0.2, -0.15) is 4.52 Å². The zero-order valence-electron chi connectivity index (χ0n) is 19.6. The fourth-order valence-corrected chi connectivity index (χ4v) is 6.92. The van der Waals surface area contributed by atoms with E-state index in [9.17, 15) is 9.90 Å². The number of rotatable bonds is 11. The molecule has 1 N–H and O–H groups in total. The van der Waals surface area contributed by atoms with Gasteiger partial charge in [0.15, 0.2) is 10.6 Å². The average molecular weight is 466 g/mol. The third-order valence-electron chi connectivity index (χ3n) is 5.88. The second kappa shape index (κ2) is 12.1. The molecule has 5 heteroatoms. The van der Waals surface area contributed by atoms with Gasteiger partial charge >= 0.3 is 13.7 Å². The highest BCUT2D eigenvalue weighted by Gasteiger charge is 2.54. The first-order valence-electron chi connectivity index (χ1n) is 11.7. The van der Waals surface area contributed by atoms with Crippen LogP contribution in [-0.4, -0.2) is 23.3 Å². The summed E-state index contributed by atoms with van der Waals surface area (Å²) in [5, 5.41) is 12.4. The first kappa shape index (κ1) is 25.1. The normalized spacial score (nSPS) is 14.3. The zero-order chi connectivity index (χ0) is 23.7. The smallest absolute Gasteiger partial charge is 0.391 e. The average Bonchev–Trinajstić information content (AvgIpc) is 2.87. The van der Waals surface area contributed by atoms with E-state index in [-0.39, 0.29) is 12.0 Å². The van der Waals surface area contributed by atoms with Gasteiger partial charge in [-0.3, -0.25) is 4.52 Å². The number of benzene rings is 3. The van der Waals surface area contributed by atoms with Gasteiger partial charge in [-0.15, -0.1) is 0 Å². The number of hydrogen-bond donors (Lipinski definition) is 1.